The molecule has 0 heterocycles. The Kier molecular flexibility index (Phi) is 5.35. The van der Waals surface area contributed by atoms with E-state index in [2.05, 4.69) is 12.2 Å². The van der Waals surface area contributed by atoms with Crippen molar-refractivity contribution in [3.8, 4) is 0 Å². The molecule has 3 atom stereocenters. The van der Waals surface area contributed by atoms with Gasteiger partial charge in [-0.2, -0.15) is 0 Å². The van der Waals surface area contributed by atoms with Gasteiger partial charge >= 0.3 is 5.97 Å². The highest BCUT2D eigenvalue weighted by Crippen LogP contribution is 2.30. The van der Waals surface area contributed by atoms with Crippen LogP contribution in [0.1, 0.15) is 52.9 Å². The molecule has 0 spiro atoms. The topological polar surface area (TPSA) is 92.4 Å². The summed E-state index contributed by atoms with van der Waals surface area (Å²) in [6.07, 6.45) is 3.70. The van der Waals surface area contributed by atoms with Gasteiger partial charge in [-0.1, -0.05) is 33.6 Å². The van der Waals surface area contributed by atoms with Crippen LogP contribution in [0.25, 0.3) is 0 Å². The van der Waals surface area contributed by atoms with Crippen molar-refractivity contribution in [3.05, 3.63) is 0 Å². The predicted molar refractivity (Wildman–Crippen MR) is 73.6 cm³/mol. The Morgan fingerprint density at radius 3 is 2.58 bits per heavy atom. The fourth-order valence-electron chi connectivity index (χ4n) is 2.79. The van der Waals surface area contributed by atoms with Crippen molar-refractivity contribution in [2.45, 2.75) is 64.5 Å². The third-order valence-electron chi connectivity index (χ3n) is 3.80. The van der Waals surface area contributed by atoms with E-state index in [1.165, 1.54) is 0 Å². The van der Waals surface area contributed by atoms with Crippen LogP contribution in [-0.2, 0) is 9.59 Å². The van der Waals surface area contributed by atoms with Crippen LogP contribution in [0, 0.1) is 11.8 Å². The number of carbonyl (C=O) groups excluding carboxylic acids is 1. The Bertz CT molecular complexity index is 344. The maximum Gasteiger partial charge on any atom is 0.326 e. The highest BCUT2D eigenvalue weighted by atomic mass is 16.4. The second kappa shape index (κ2) is 6.37. The van der Waals surface area contributed by atoms with Gasteiger partial charge in [0.25, 0.3) is 0 Å². The summed E-state index contributed by atoms with van der Waals surface area (Å²) in [5.74, 6) is -0.681. The number of hydrogen-bond acceptors (Lipinski definition) is 3. The van der Waals surface area contributed by atoms with Gasteiger partial charge in [-0.05, 0) is 31.1 Å². The first-order valence-corrected chi connectivity index (χ1v) is 7.07. The van der Waals surface area contributed by atoms with E-state index in [9.17, 15) is 9.59 Å². The fraction of sp³-hybridized carbons (Fsp3) is 0.857. The van der Waals surface area contributed by atoms with E-state index in [1.54, 1.807) is 0 Å². The lowest BCUT2D eigenvalue weighted by Gasteiger charge is -2.36. The Morgan fingerprint density at radius 1 is 1.47 bits per heavy atom. The van der Waals surface area contributed by atoms with Crippen LogP contribution in [-0.4, -0.2) is 28.6 Å². The molecule has 5 heteroatoms. The van der Waals surface area contributed by atoms with Crippen molar-refractivity contribution in [2.75, 3.05) is 0 Å². The summed E-state index contributed by atoms with van der Waals surface area (Å²) < 4.78 is 0. The van der Waals surface area contributed by atoms with Gasteiger partial charge in [0.15, 0.2) is 0 Å². The number of carbonyl (C=O) groups is 2. The molecule has 3 unspecified atom stereocenters. The van der Waals surface area contributed by atoms with Crippen molar-refractivity contribution >= 4 is 11.9 Å². The van der Waals surface area contributed by atoms with Gasteiger partial charge in [0.05, 0.1) is 5.54 Å². The van der Waals surface area contributed by atoms with Gasteiger partial charge in [-0.15, -0.1) is 0 Å². The molecule has 0 aromatic carbocycles. The highest BCUT2D eigenvalue weighted by molar-refractivity contribution is 5.90. The van der Waals surface area contributed by atoms with Crippen molar-refractivity contribution in [2.24, 2.45) is 17.6 Å². The van der Waals surface area contributed by atoms with Crippen molar-refractivity contribution in [3.63, 3.8) is 0 Å². The van der Waals surface area contributed by atoms with Gasteiger partial charge in [0.2, 0.25) is 5.91 Å². The number of aliphatic carboxylic acids is 1. The van der Waals surface area contributed by atoms with Crippen LogP contribution < -0.4 is 11.1 Å². The number of nitrogens with two attached hydrogens (primary N) is 1. The number of carboxylic acid groups (broad SMARTS) is 1. The van der Waals surface area contributed by atoms with E-state index in [1.807, 2.05) is 13.8 Å². The van der Waals surface area contributed by atoms with E-state index >= 15 is 0 Å². The monoisotopic (exact) mass is 270 g/mol. The van der Waals surface area contributed by atoms with E-state index in [-0.39, 0.29) is 11.8 Å². The molecule has 0 radical (unpaired) electrons. The number of hydrogen-bond donors (Lipinski definition) is 3. The summed E-state index contributed by atoms with van der Waals surface area (Å²) >= 11 is 0. The average Bonchev–Trinajstić information content (AvgIpc) is 2.26. The minimum Gasteiger partial charge on any atom is -0.480 e. The number of amides is 1. The Hall–Kier alpha value is -1.10. The molecule has 4 N–H and O–H groups in total. The second-order valence-electron chi connectivity index (χ2n) is 6.35. The van der Waals surface area contributed by atoms with Gasteiger partial charge in [-0.3, -0.25) is 4.79 Å². The van der Waals surface area contributed by atoms with Crippen molar-refractivity contribution in [1.82, 2.24) is 5.32 Å². The molecule has 1 rings (SSSR count). The van der Waals surface area contributed by atoms with Crippen molar-refractivity contribution < 1.29 is 14.7 Å². The third kappa shape index (κ3) is 4.49. The highest BCUT2D eigenvalue weighted by Gasteiger charge is 2.39. The zero-order chi connectivity index (χ0) is 14.6. The maximum absolute atomic E-state index is 12.3. The van der Waals surface area contributed by atoms with E-state index in [0.717, 1.165) is 12.8 Å². The largest absolute Gasteiger partial charge is 0.480 e. The lowest BCUT2D eigenvalue weighted by Crippen LogP contribution is -2.59. The average molecular weight is 270 g/mol. The SMILES string of the molecule is CC(C)CC(NC(=O)C1(N)CCCC(C)C1)C(=O)O. The molecule has 110 valence electrons. The first kappa shape index (κ1) is 16.0. The molecular weight excluding hydrogens is 244 g/mol. The lowest BCUT2D eigenvalue weighted by atomic mass is 9.76. The van der Waals surface area contributed by atoms with E-state index in [0.29, 0.717) is 25.2 Å². The van der Waals surface area contributed by atoms with Crippen LogP contribution in [0.5, 0.6) is 0 Å². The molecule has 1 aliphatic carbocycles. The number of rotatable bonds is 5. The molecule has 0 aromatic rings. The zero-order valence-electron chi connectivity index (χ0n) is 12.1. The van der Waals surface area contributed by atoms with Gasteiger partial charge in [0.1, 0.15) is 6.04 Å². The van der Waals surface area contributed by atoms with E-state index in [4.69, 9.17) is 10.8 Å². The second-order valence-corrected chi connectivity index (χ2v) is 6.35. The summed E-state index contributed by atoms with van der Waals surface area (Å²) in [5, 5.41) is 11.8. The van der Waals surface area contributed by atoms with Gasteiger partial charge in [-0.25, -0.2) is 4.79 Å². The molecular formula is C14H26N2O3. The standard InChI is InChI=1S/C14H26N2O3/c1-9(2)7-11(12(17)18)16-13(19)14(15)6-4-5-10(3)8-14/h9-11H,4-8,15H2,1-3H3,(H,16,19)(H,17,18). The molecule has 1 amide bonds. The van der Waals surface area contributed by atoms with E-state index < -0.39 is 17.6 Å². The number of nitrogens with one attached hydrogen (secondary N) is 1. The first-order chi connectivity index (χ1) is 8.74. The molecule has 1 saturated carbocycles. The normalized spacial score (nSPS) is 29.0. The molecule has 0 aromatic heterocycles. The Labute approximate surface area is 114 Å². The Morgan fingerprint density at radius 2 is 2.11 bits per heavy atom. The van der Waals surface area contributed by atoms with Crippen LogP contribution in [0.2, 0.25) is 0 Å². The third-order valence-corrected chi connectivity index (χ3v) is 3.80. The van der Waals surface area contributed by atoms with Crippen LogP contribution in [0.3, 0.4) is 0 Å². The molecule has 5 nitrogen and oxygen atoms in total. The minimum absolute atomic E-state index is 0.209. The molecule has 0 aliphatic heterocycles. The van der Waals surface area contributed by atoms with Crippen molar-refractivity contribution in [1.29, 1.82) is 0 Å². The molecule has 1 fully saturated rings. The van der Waals surface area contributed by atoms with Crippen LogP contribution >= 0.6 is 0 Å². The molecule has 19 heavy (non-hydrogen) atoms. The molecule has 0 bridgehead atoms. The maximum atomic E-state index is 12.3. The quantitative estimate of drug-likeness (QED) is 0.706. The van der Waals surface area contributed by atoms with Crippen LogP contribution in [0.4, 0.5) is 0 Å². The van der Waals surface area contributed by atoms with Gasteiger partial charge < -0.3 is 16.2 Å². The summed E-state index contributed by atoms with van der Waals surface area (Å²) in [6, 6.07) is -0.842. The summed E-state index contributed by atoms with van der Waals surface area (Å²) in [5.41, 5.74) is 5.27. The lowest BCUT2D eigenvalue weighted by molar-refractivity contribution is -0.143. The summed E-state index contributed by atoms with van der Waals surface area (Å²) in [4.78, 5) is 23.4. The number of carboxylic acids is 1. The van der Waals surface area contributed by atoms with Gasteiger partial charge in [0, 0.05) is 0 Å². The predicted octanol–water partition coefficient (Wildman–Crippen LogP) is 1.51. The fourth-order valence-corrected chi connectivity index (χ4v) is 2.79. The summed E-state index contributed by atoms with van der Waals surface area (Å²) in [7, 11) is 0. The Balaban J connectivity index is 2.67. The molecule has 0 saturated heterocycles. The minimum atomic E-state index is -0.991. The first-order valence-electron chi connectivity index (χ1n) is 7.07. The van der Waals surface area contributed by atoms with Crippen LogP contribution in [0.15, 0.2) is 0 Å². The smallest absolute Gasteiger partial charge is 0.326 e. The zero-order valence-corrected chi connectivity index (χ0v) is 12.1. The summed E-state index contributed by atoms with van der Waals surface area (Å²) in [6.45, 7) is 5.95. The molecule has 1 aliphatic rings.